The van der Waals surface area contributed by atoms with Crippen LogP contribution in [0.15, 0.2) is 30.3 Å². The monoisotopic (exact) mass is 623 g/mol. The van der Waals surface area contributed by atoms with E-state index in [0.717, 1.165) is 25.8 Å². The van der Waals surface area contributed by atoms with Crippen LogP contribution in [0.25, 0.3) is 16.9 Å². The van der Waals surface area contributed by atoms with Crippen LogP contribution in [0.1, 0.15) is 57.2 Å². The van der Waals surface area contributed by atoms with Crippen molar-refractivity contribution in [2.45, 2.75) is 57.5 Å². The zero-order valence-electron chi connectivity index (χ0n) is 25.5. The number of morpholine rings is 1. The number of benzene rings is 1. The fourth-order valence-corrected chi connectivity index (χ4v) is 7.38. The van der Waals surface area contributed by atoms with E-state index in [1.807, 2.05) is 21.7 Å². The fraction of sp³-hybridized carbons (Fsp3) is 0.594. The van der Waals surface area contributed by atoms with E-state index in [-0.39, 0.29) is 40.9 Å². The maximum Gasteiger partial charge on any atom is 0.296 e. The summed E-state index contributed by atoms with van der Waals surface area (Å²) in [5.74, 6) is 0.905. The van der Waals surface area contributed by atoms with E-state index in [1.54, 1.807) is 30.3 Å². The summed E-state index contributed by atoms with van der Waals surface area (Å²) in [6.45, 7) is 4.24. The van der Waals surface area contributed by atoms with Crippen molar-refractivity contribution in [2.75, 3.05) is 57.9 Å². The second-order valence-electron chi connectivity index (χ2n) is 12.7. The lowest BCUT2D eigenvalue weighted by atomic mass is 9.76. The maximum atomic E-state index is 14.2. The lowest BCUT2D eigenvalue weighted by Gasteiger charge is -2.40. The number of amides is 2. The highest BCUT2D eigenvalue weighted by atomic mass is 19.3. The van der Waals surface area contributed by atoms with Gasteiger partial charge >= 0.3 is 0 Å². The van der Waals surface area contributed by atoms with Crippen LogP contribution in [-0.4, -0.2) is 100 Å². The summed E-state index contributed by atoms with van der Waals surface area (Å²) >= 11 is 0. The first kappa shape index (κ1) is 29.8. The zero-order valence-corrected chi connectivity index (χ0v) is 25.5. The lowest BCUT2D eigenvalue weighted by Crippen LogP contribution is -2.48. The molecule has 1 spiro atoms. The Morgan fingerprint density at radius 3 is 2.38 bits per heavy atom. The number of carbonyl (C=O) groups excluding carboxylic acids is 2. The summed E-state index contributed by atoms with van der Waals surface area (Å²) in [6.07, 6.45) is 2.14. The van der Waals surface area contributed by atoms with Gasteiger partial charge in [-0.15, -0.1) is 0 Å². The Labute approximate surface area is 260 Å². The van der Waals surface area contributed by atoms with Crippen LogP contribution < -0.4 is 9.64 Å². The Balaban J connectivity index is 1.06. The van der Waals surface area contributed by atoms with E-state index in [4.69, 9.17) is 19.4 Å². The topological polar surface area (TPSA) is 106 Å². The summed E-state index contributed by atoms with van der Waals surface area (Å²) in [4.78, 5) is 45.5. The molecular formula is C32H39F2N7O4. The largest absolute Gasteiger partial charge is 0.474 e. The molecule has 2 amide bonds. The molecule has 0 radical (unpaired) electrons. The molecule has 1 aromatic carbocycles. The number of hydrogen-bond acceptors (Lipinski definition) is 8. The van der Waals surface area contributed by atoms with Crippen molar-refractivity contribution in [3.05, 3.63) is 36.2 Å². The van der Waals surface area contributed by atoms with Gasteiger partial charge in [-0.1, -0.05) is 12.1 Å². The molecule has 1 saturated carbocycles. The molecule has 240 valence electrons. The molecule has 13 heteroatoms. The number of likely N-dealkylation sites (tertiary alicyclic amines) is 2. The number of piperidine rings is 1. The van der Waals surface area contributed by atoms with Crippen LogP contribution >= 0.6 is 0 Å². The van der Waals surface area contributed by atoms with Gasteiger partial charge in [0.2, 0.25) is 23.6 Å². The molecule has 3 aromatic rings. The number of aromatic nitrogens is 4. The number of alkyl halides is 2. The molecule has 2 aromatic heterocycles. The maximum absolute atomic E-state index is 14.2. The van der Waals surface area contributed by atoms with Crippen molar-refractivity contribution >= 4 is 28.8 Å². The Hall–Kier alpha value is -3.87. The highest BCUT2D eigenvalue weighted by Crippen LogP contribution is 2.42. The third-order valence-electron chi connectivity index (χ3n) is 10.1. The Bertz CT molecular complexity index is 1560. The number of anilines is 1. The van der Waals surface area contributed by atoms with Crippen LogP contribution in [0.2, 0.25) is 0 Å². The molecule has 11 nitrogen and oxygen atoms in total. The van der Waals surface area contributed by atoms with Crippen LogP contribution in [0.5, 0.6) is 5.88 Å². The highest BCUT2D eigenvalue weighted by Gasteiger charge is 2.48. The van der Waals surface area contributed by atoms with Gasteiger partial charge in [0.15, 0.2) is 5.82 Å². The predicted molar refractivity (Wildman–Crippen MR) is 162 cm³/mol. The van der Waals surface area contributed by atoms with Crippen molar-refractivity contribution < 1.29 is 27.8 Å². The van der Waals surface area contributed by atoms with Crippen molar-refractivity contribution in [3.63, 3.8) is 0 Å². The first-order chi connectivity index (χ1) is 21.8. The molecule has 0 bridgehead atoms. The molecular weight excluding hydrogens is 584 g/mol. The molecule has 5 heterocycles. The van der Waals surface area contributed by atoms with E-state index in [9.17, 15) is 18.4 Å². The molecule has 0 unspecified atom stereocenters. The second kappa shape index (κ2) is 12.1. The van der Waals surface area contributed by atoms with Crippen molar-refractivity contribution in [1.29, 1.82) is 0 Å². The minimum absolute atomic E-state index is 0.0726. The smallest absolute Gasteiger partial charge is 0.296 e. The van der Waals surface area contributed by atoms with Crippen molar-refractivity contribution in [1.82, 2.24) is 29.3 Å². The van der Waals surface area contributed by atoms with Gasteiger partial charge in [0.05, 0.1) is 29.7 Å². The standard InChI is InChI=1S/C32H39F2N7O4/c1-38-13-10-32(30(38)43)11-14-39(15-12-32)29(42)21-6-8-22(9-7-21)45-26-20-25(36-31(37-26)40-16-18-44-19-17-40)41-24-5-3-2-4-23(24)35-28(41)27(33)34/h2-5,20-22,27H,6-19H2,1H3/t21-,22-. The number of imidazole rings is 1. The van der Waals surface area contributed by atoms with Crippen LogP contribution in [-0.2, 0) is 14.3 Å². The Morgan fingerprint density at radius 2 is 1.69 bits per heavy atom. The Kier molecular flexibility index (Phi) is 8.05. The van der Waals surface area contributed by atoms with Crippen LogP contribution in [0.3, 0.4) is 0 Å². The van der Waals surface area contributed by atoms with E-state index in [0.29, 0.717) is 87.9 Å². The van der Waals surface area contributed by atoms with Crippen LogP contribution in [0.4, 0.5) is 14.7 Å². The number of rotatable bonds is 6. The fourth-order valence-electron chi connectivity index (χ4n) is 7.38. The summed E-state index contributed by atoms with van der Waals surface area (Å²) in [5, 5.41) is 0. The van der Waals surface area contributed by atoms with Crippen molar-refractivity contribution in [3.8, 4) is 11.7 Å². The van der Waals surface area contributed by atoms with Gasteiger partial charge < -0.3 is 24.2 Å². The quantitative estimate of drug-likeness (QED) is 0.406. The highest BCUT2D eigenvalue weighted by molar-refractivity contribution is 5.85. The van der Waals surface area contributed by atoms with E-state index < -0.39 is 6.43 Å². The molecule has 3 saturated heterocycles. The number of carbonyl (C=O) groups is 2. The zero-order chi connectivity index (χ0) is 31.1. The van der Waals surface area contributed by atoms with E-state index >= 15 is 0 Å². The SMILES string of the molecule is CN1CCC2(CCN(C(=O)[C@H]3CC[C@H](Oc4cc(-n5c(C(F)F)nc6ccccc65)nc(N5CCOCC5)n4)CC3)CC2)C1=O. The minimum Gasteiger partial charge on any atom is -0.474 e. The van der Waals surface area contributed by atoms with Crippen LogP contribution in [0, 0.1) is 11.3 Å². The molecule has 4 fully saturated rings. The average Bonchev–Trinajstić information content (AvgIpc) is 3.59. The third-order valence-corrected chi connectivity index (χ3v) is 10.1. The summed E-state index contributed by atoms with van der Waals surface area (Å²) in [5.41, 5.74) is 0.695. The number of para-hydroxylation sites is 2. The Morgan fingerprint density at radius 1 is 0.978 bits per heavy atom. The number of nitrogens with zero attached hydrogens (tertiary/aromatic N) is 7. The molecule has 0 atom stereocenters. The first-order valence-electron chi connectivity index (χ1n) is 16.0. The molecule has 4 aliphatic rings. The molecule has 3 aliphatic heterocycles. The van der Waals surface area contributed by atoms with Gasteiger partial charge in [-0.05, 0) is 57.1 Å². The van der Waals surface area contributed by atoms with E-state index in [1.165, 1.54) is 4.57 Å². The van der Waals surface area contributed by atoms with Gasteiger partial charge in [0.1, 0.15) is 11.9 Å². The number of hydrogen-bond donors (Lipinski definition) is 0. The van der Waals surface area contributed by atoms with Gasteiger partial charge in [0, 0.05) is 51.8 Å². The van der Waals surface area contributed by atoms with Gasteiger partial charge in [-0.3, -0.25) is 14.2 Å². The third kappa shape index (κ3) is 5.70. The van der Waals surface area contributed by atoms with Gasteiger partial charge in [-0.2, -0.15) is 9.97 Å². The number of ether oxygens (including phenoxy) is 2. The normalized spacial score (nSPS) is 23.8. The van der Waals surface area contributed by atoms with E-state index in [2.05, 4.69) is 4.98 Å². The van der Waals surface area contributed by atoms with Crippen molar-refractivity contribution in [2.24, 2.45) is 11.3 Å². The molecule has 7 rings (SSSR count). The lowest BCUT2D eigenvalue weighted by molar-refractivity contribution is -0.145. The van der Waals surface area contributed by atoms with Gasteiger partial charge in [0.25, 0.3) is 6.43 Å². The summed E-state index contributed by atoms with van der Waals surface area (Å²) in [7, 11) is 1.86. The van der Waals surface area contributed by atoms with Gasteiger partial charge in [-0.25, -0.2) is 13.8 Å². The number of halogens is 2. The summed E-state index contributed by atoms with van der Waals surface area (Å²) < 4.78 is 41.7. The minimum atomic E-state index is -2.80. The first-order valence-corrected chi connectivity index (χ1v) is 16.0. The molecule has 1 aliphatic carbocycles. The molecule has 45 heavy (non-hydrogen) atoms. The number of fused-ring (bicyclic) bond motifs is 1. The predicted octanol–water partition coefficient (Wildman–Crippen LogP) is 4.00. The summed E-state index contributed by atoms with van der Waals surface area (Å²) in [6, 6.07) is 8.60. The average molecular weight is 624 g/mol. The second-order valence-corrected chi connectivity index (χ2v) is 12.7. The molecule has 0 N–H and O–H groups in total.